The molecule has 0 spiro atoms. The first-order valence-corrected chi connectivity index (χ1v) is 7.47. The molecule has 1 N–H and O–H groups in total. The summed E-state index contributed by atoms with van der Waals surface area (Å²) in [7, 11) is 0. The molecule has 0 saturated carbocycles. The average molecular weight is 313 g/mol. The molecule has 1 heterocycles. The number of nitrogens with zero attached hydrogens (tertiary/aromatic N) is 2. The van der Waals surface area contributed by atoms with E-state index in [4.69, 9.17) is 0 Å². The van der Waals surface area contributed by atoms with Crippen LogP contribution < -0.4 is 0 Å². The molecule has 4 heteroatoms. The Kier molecular flexibility index (Phi) is 4.62. The van der Waals surface area contributed by atoms with E-state index in [9.17, 15) is 5.11 Å². The maximum atomic E-state index is 10.4. The number of allylic oxidation sites excluding steroid dienone is 2. The third kappa shape index (κ3) is 2.86. The number of aliphatic hydroxyl groups is 1. The second-order valence-corrected chi connectivity index (χ2v) is 5.77. The van der Waals surface area contributed by atoms with Crippen molar-refractivity contribution in [3.8, 4) is 0 Å². The fourth-order valence-corrected chi connectivity index (χ4v) is 3.04. The molecule has 1 aromatic rings. The summed E-state index contributed by atoms with van der Waals surface area (Å²) in [6.45, 7) is 4.92. The van der Waals surface area contributed by atoms with Gasteiger partial charge in [0.15, 0.2) is 0 Å². The minimum atomic E-state index is -0.271. The first-order chi connectivity index (χ1) is 8.63. The lowest BCUT2D eigenvalue weighted by atomic mass is 9.87. The van der Waals surface area contributed by atoms with Crippen LogP contribution in [-0.2, 0) is 13.0 Å². The molecule has 1 aliphatic carbocycles. The van der Waals surface area contributed by atoms with Crippen molar-refractivity contribution in [3.63, 3.8) is 0 Å². The van der Waals surface area contributed by atoms with Gasteiger partial charge in [0.05, 0.1) is 22.0 Å². The molecule has 3 nitrogen and oxygen atoms in total. The molecule has 2 rings (SSSR count). The van der Waals surface area contributed by atoms with Gasteiger partial charge in [0, 0.05) is 13.0 Å². The zero-order valence-electron chi connectivity index (χ0n) is 11.1. The van der Waals surface area contributed by atoms with Crippen molar-refractivity contribution in [2.24, 2.45) is 5.92 Å². The van der Waals surface area contributed by atoms with Crippen LogP contribution in [0.15, 0.2) is 16.6 Å². The summed E-state index contributed by atoms with van der Waals surface area (Å²) in [6, 6.07) is 0. The predicted molar refractivity (Wildman–Crippen MR) is 76.5 cm³/mol. The van der Waals surface area contributed by atoms with Gasteiger partial charge in [-0.05, 0) is 55.0 Å². The Balaban J connectivity index is 2.10. The highest BCUT2D eigenvalue weighted by Gasteiger charge is 2.23. The molecule has 0 saturated heterocycles. The fourth-order valence-electron chi connectivity index (χ4n) is 2.60. The Bertz CT molecular complexity index is 439. The molecule has 2 atom stereocenters. The second-order valence-electron chi connectivity index (χ2n) is 4.98. The van der Waals surface area contributed by atoms with Gasteiger partial charge in [-0.3, -0.25) is 4.68 Å². The van der Waals surface area contributed by atoms with E-state index in [0.717, 1.165) is 41.7 Å². The molecule has 2 unspecified atom stereocenters. The number of aromatic nitrogens is 2. The maximum Gasteiger partial charge on any atom is 0.0738 e. The van der Waals surface area contributed by atoms with Gasteiger partial charge in [-0.2, -0.15) is 5.10 Å². The second kappa shape index (κ2) is 6.02. The zero-order chi connectivity index (χ0) is 13.1. The minimum Gasteiger partial charge on any atom is -0.392 e. The quantitative estimate of drug-likeness (QED) is 0.867. The van der Waals surface area contributed by atoms with Gasteiger partial charge < -0.3 is 5.11 Å². The Morgan fingerprint density at radius 3 is 2.94 bits per heavy atom. The molecular weight excluding hydrogens is 292 g/mol. The van der Waals surface area contributed by atoms with Crippen molar-refractivity contribution in [3.05, 3.63) is 28.0 Å². The molecule has 0 aromatic carbocycles. The van der Waals surface area contributed by atoms with Gasteiger partial charge >= 0.3 is 0 Å². The van der Waals surface area contributed by atoms with Crippen LogP contribution in [0.1, 0.15) is 37.6 Å². The van der Waals surface area contributed by atoms with Gasteiger partial charge in [0.2, 0.25) is 0 Å². The van der Waals surface area contributed by atoms with Crippen LogP contribution >= 0.6 is 15.9 Å². The Morgan fingerprint density at radius 2 is 2.33 bits per heavy atom. The third-order valence-electron chi connectivity index (χ3n) is 3.71. The number of aryl methyl sites for hydroxylation is 2. The van der Waals surface area contributed by atoms with E-state index in [-0.39, 0.29) is 6.10 Å². The number of hydrogen-bond acceptors (Lipinski definition) is 2. The summed E-state index contributed by atoms with van der Waals surface area (Å²) in [5, 5.41) is 14.9. The minimum absolute atomic E-state index is 0.271. The van der Waals surface area contributed by atoms with E-state index < -0.39 is 0 Å². The Labute approximate surface area is 117 Å². The topological polar surface area (TPSA) is 38.0 Å². The maximum absolute atomic E-state index is 10.4. The van der Waals surface area contributed by atoms with E-state index in [1.807, 2.05) is 11.6 Å². The van der Waals surface area contributed by atoms with Crippen molar-refractivity contribution in [1.82, 2.24) is 9.78 Å². The number of rotatable bonds is 4. The molecule has 100 valence electrons. The molecule has 0 bridgehead atoms. The summed E-state index contributed by atoms with van der Waals surface area (Å²) < 4.78 is 3.04. The molecule has 0 amide bonds. The Morgan fingerprint density at radius 1 is 1.56 bits per heavy atom. The first kappa shape index (κ1) is 13.8. The van der Waals surface area contributed by atoms with Gasteiger partial charge in [0.1, 0.15) is 0 Å². The smallest absolute Gasteiger partial charge is 0.0738 e. The van der Waals surface area contributed by atoms with Crippen molar-refractivity contribution >= 4 is 15.9 Å². The van der Waals surface area contributed by atoms with E-state index in [1.165, 1.54) is 0 Å². The largest absolute Gasteiger partial charge is 0.392 e. The van der Waals surface area contributed by atoms with E-state index in [1.54, 1.807) is 0 Å². The standard InChI is InChI=1S/C14H21BrN2O/c1-3-17-12(14(15)10(2)16-17)9-13(18)11-7-5-4-6-8-11/h4-5,11,13,18H,3,6-9H2,1-2H3. The normalized spacial score (nSPS) is 21.2. The first-order valence-electron chi connectivity index (χ1n) is 6.68. The number of hydrogen-bond donors (Lipinski definition) is 1. The summed E-state index contributed by atoms with van der Waals surface area (Å²) in [5.41, 5.74) is 2.12. The van der Waals surface area contributed by atoms with Crippen LogP contribution in [0.2, 0.25) is 0 Å². The van der Waals surface area contributed by atoms with Gasteiger partial charge in [-0.1, -0.05) is 12.2 Å². The van der Waals surface area contributed by atoms with Crippen molar-refractivity contribution < 1.29 is 5.11 Å². The van der Waals surface area contributed by atoms with E-state index in [0.29, 0.717) is 12.3 Å². The van der Waals surface area contributed by atoms with Crippen molar-refractivity contribution in [2.45, 2.75) is 52.2 Å². The van der Waals surface area contributed by atoms with Gasteiger partial charge in [-0.25, -0.2) is 0 Å². The lowest BCUT2D eigenvalue weighted by Crippen LogP contribution is -2.25. The lowest BCUT2D eigenvalue weighted by molar-refractivity contribution is 0.0999. The zero-order valence-corrected chi connectivity index (χ0v) is 12.7. The van der Waals surface area contributed by atoms with Crippen LogP contribution in [0.5, 0.6) is 0 Å². The molecule has 18 heavy (non-hydrogen) atoms. The fraction of sp³-hybridized carbons (Fsp3) is 0.643. The highest BCUT2D eigenvalue weighted by Crippen LogP contribution is 2.27. The number of aliphatic hydroxyl groups excluding tert-OH is 1. The highest BCUT2D eigenvalue weighted by atomic mass is 79.9. The van der Waals surface area contributed by atoms with Crippen LogP contribution in [0.3, 0.4) is 0 Å². The summed E-state index contributed by atoms with van der Waals surface area (Å²) in [6.07, 6.45) is 8.00. The monoisotopic (exact) mass is 312 g/mol. The third-order valence-corrected chi connectivity index (χ3v) is 4.74. The molecule has 1 aliphatic rings. The Hall–Kier alpha value is -0.610. The molecular formula is C14H21BrN2O. The number of halogens is 1. The summed E-state index contributed by atoms with van der Waals surface area (Å²) in [5.74, 6) is 0.391. The van der Waals surface area contributed by atoms with Gasteiger partial charge in [0.25, 0.3) is 0 Å². The molecule has 0 fully saturated rings. The van der Waals surface area contributed by atoms with Crippen molar-refractivity contribution in [2.75, 3.05) is 0 Å². The van der Waals surface area contributed by atoms with Crippen LogP contribution in [-0.4, -0.2) is 21.0 Å². The van der Waals surface area contributed by atoms with Crippen LogP contribution in [0, 0.1) is 12.8 Å². The van der Waals surface area contributed by atoms with Crippen LogP contribution in [0.4, 0.5) is 0 Å². The van der Waals surface area contributed by atoms with Crippen LogP contribution in [0.25, 0.3) is 0 Å². The van der Waals surface area contributed by atoms with E-state index >= 15 is 0 Å². The molecule has 1 aromatic heterocycles. The van der Waals surface area contributed by atoms with Gasteiger partial charge in [-0.15, -0.1) is 0 Å². The van der Waals surface area contributed by atoms with E-state index in [2.05, 4.69) is 40.1 Å². The lowest BCUT2D eigenvalue weighted by Gasteiger charge is -2.24. The summed E-state index contributed by atoms with van der Waals surface area (Å²) >= 11 is 3.59. The molecule has 0 aliphatic heterocycles. The average Bonchev–Trinajstić information content (AvgIpc) is 2.67. The van der Waals surface area contributed by atoms with Crippen molar-refractivity contribution in [1.29, 1.82) is 0 Å². The summed E-state index contributed by atoms with van der Waals surface area (Å²) in [4.78, 5) is 0. The molecule has 0 radical (unpaired) electrons. The highest BCUT2D eigenvalue weighted by molar-refractivity contribution is 9.10. The SMILES string of the molecule is CCn1nc(C)c(Br)c1CC(O)C1CC=CCC1. The predicted octanol–water partition coefficient (Wildman–Crippen LogP) is 3.23.